The van der Waals surface area contributed by atoms with Gasteiger partial charge >= 0.3 is 5.97 Å². The average Bonchev–Trinajstić information content (AvgIpc) is 2.80. The molecule has 0 saturated heterocycles. The molecule has 0 bridgehead atoms. The molecule has 22 heavy (non-hydrogen) atoms. The molecule has 1 aromatic heterocycles. The highest BCUT2D eigenvalue weighted by Crippen LogP contribution is 2.44. The number of nitrogens with zero attached hydrogens (tertiary/aromatic N) is 1. The van der Waals surface area contributed by atoms with Gasteiger partial charge in [0.05, 0.1) is 0 Å². The monoisotopic (exact) mass is 300 g/mol. The molecule has 1 fully saturated rings. The van der Waals surface area contributed by atoms with Crippen LogP contribution in [-0.4, -0.2) is 21.6 Å². The molecule has 0 atom stereocenters. The predicted octanol–water partition coefficient (Wildman–Crippen LogP) is 3.24. The van der Waals surface area contributed by atoms with Gasteiger partial charge in [0.25, 0.3) is 0 Å². The molecule has 5 nitrogen and oxygen atoms in total. The Kier molecular flexibility index (Phi) is 3.64. The van der Waals surface area contributed by atoms with E-state index in [-0.39, 0.29) is 17.9 Å². The maximum atomic E-state index is 12.4. The van der Waals surface area contributed by atoms with Crippen LogP contribution < -0.4 is 5.32 Å². The highest BCUT2D eigenvalue weighted by Gasteiger charge is 2.42. The smallest absolute Gasteiger partial charge is 0.323 e. The zero-order valence-electron chi connectivity index (χ0n) is 12.6. The van der Waals surface area contributed by atoms with Crippen LogP contribution in [0.1, 0.15) is 32.6 Å². The Balaban J connectivity index is 1.81. The summed E-state index contributed by atoms with van der Waals surface area (Å²) < 4.78 is 1.68. The second kappa shape index (κ2) is 5.48. The van der Waals surface area contributed by atoms with Crippen molar-refractivity contribution in [3.63, 3.8) is 0 Å². The van der Waals surface area contributed by atoms with Crippen LogP contribution in [-0.2, 0) is 16.1 Å². The fraction of sp³-hybridized carbons (Fsp3) is 0.412. The number of carboxylic acid groups (broad SMARTS) is 1. The lowest BCUT2D eigenvalue weighted by atomic mass is 9.66. The molecule has 0 aliphatic heterocycles. The molecule has 1 aliphatic carbocycles. The van der Waals surface area contributed by atoms with Gasteiger partial charge in [-0.25, -0.2) is 0 Å². The van der Waals surface area contributed by atoms with Gasteiger partial charge in [-0.15, -0.1) is 0 Å². The molecule has 1 aliphatic rings. The molecule has 1 amide bonds. The molecule has 0 spiro atoms. The molecule has 2 aromatic rings. The Morgan fingerprint density at radius 3 is 2.68 bits per heavy atom. The molecule has 3 rings (SSSR count). The number of carboxylic acids is 1. The van der Waals surface area contributed by atoms with Crippen LogP contribution in [0.2, 0.25) is 0 Å². The van der Waals surface area contributed by atoms with E-state index < -0.39 is 5.97 Å². The van der Waals surface area contributed by atoms with Gasteiger partial charge in [-0.1, -0.05) is 13.3 Å². The average molecular weight is 300 g/mol. The lowest BCUT2D eigenvalue weighted by Crippen LogP contribution is -2.41. The van der Waals surface area contributed by atoms with Crippen LogP contribution >= 0.6 is 0 Å². The summed E-state index contributed by atoms with van der Waals surface area (Å²) in [5.41, 5.74) is 1.43. The van der Waals surface area contributed by atoms with Crippen molar-refractivity contribution < 1.29 is 14.7 Å². The van der Waals surface area contributed by atoms with E-state index in [4.69, 9.17) is 5.11 Å². The Morgan fingerprint density at radius 2 is 2.09 bits per heavy atom. The first kappa shape index (κ1) is 14.6. The summed E-state index contributed by atoms with van der Waals surface area (Å²) >= 11 is 0. The lowest BCUT2D eigenvalue weighted by Gasteiger charge is -2.39. The number of fused-ring (bicyclic) bond motifs is 1. The van der Waals surface area contributed by atoms with E-state index in [9.17, 15) is 9.59 Å². The lowest BCUT2D eigenvalue weighted by molar-refractivity contribution is -0.137. The fourth-order valence-electron chi connectivity index (χ4n) is 3.17. The van der Waals surface area contributed by atoms with Crippen molar-refractivity contribution in [1.82, 2.24) is 4.57 Å². The van der Waals surface area contributed by atoms with Gasteiger partial charge in [0, 0.05) is 28.2 Å². The first-order chi connectivity index (χ1) is 10.5. The summed E-state index contributed by atoms with van der Waals surface area (Å²) in [5, 5.41) is 12.8. The van der Waals surface area contributed by atoms with Crippen LogP contribution in [0.25, 0.3) is 10.9 Å². The van der Waals surface area contributed by atoms with E-state index in [0.29, 0.717) is 0 Å². The quantitative estimate of drug-likeness (QED) is 0.890. The Morgan fingerprint density at radius 1 is 1.32 bits per heavy atom. The summed E-state index contributed by atoms with van der Waals surface area (Å²) in [5.74, 6) is -0.768. The van der Waals surface area contributed by atoms with E-state index in [2.05, 4.69) is 12.2 Å². The van der Waals surface area contributed by atoms with Gasteiger partial charge in [0.15, 0.2) is 0 Å². The first-order valence-corrected chi connectivity index (χ1v) is 7.66. The highest BCUT2D eigenvalue weighted by atomic mass is 16.4. The number of rotatable bonds is 5. The maximum absolute atomic E-state index is 12.4. The van der Waals surface area contributed by atoms with Crippen molar-refractivity contribution in [3.05, 3.63) is 30.5 Å². The summed E-state index contributed by atoms with van der Waals surface area (Å²) in [6.45, 7) is 2.00. The molecule has 0 unspecified atom stereocenters. The number of benzene rings is 1. The molecule has 1 heterocycles. The largest absolute Gasteiger partial charge is 0.480 e. The van der Waals surface area contributed by atoms with Gasteiger partial charge in [-0.3, -0.25) is 9.59 Å². The number of anilines is 1. The number of aliphatic carboxylic acids is 1. The van der Waals surface area contributed by atoms with Crippen molar-refractivity contribution in [2.45, 2.75) is 39.2 Å². The molecule has 2 N–H and O–H groups in total. The van der Waals surface area contributed by atoms with E-state index in [1.165, 1.54) is 0 Å². The van der Waals surface area contributed by atoms with Gasteiger partial charge < -0.3 is 15.0 Å². The number of nitrogens with one attached hydrogen (secondary N) is 1. The van der Waals surface area contributed by atoms with E-state index >= 15 is 0 Å². The first-order valence-electron chi connectivity index (χ1n) is 7.66. The molecular formula is C17H20N2O3. The maximum Gasteiger partial charge on any atom is 0.323 e. The number of carbonyl (C=O) groups excluding carboxylic acids is 1. The van der Waals surface area contributed by atoms with Gasteiger partial charge in [0.1, 0.15) is 6.54 Å². The molecule has 1 aromatic carbocycles. The van der Waals surface area contributed by atoms with Gasteiger partial charge in [-0.05, 0) is 43.5 Å². The number of amides is 1. The van der Waals surface area contributed by atoms with Crippen molar-refractivity contribution in [1.29, 1.82) is 0 Å². The Labute approximate surface area is 128 Å². The van der Waals surface area contributed by atoms with Crippen LogP contribution in [0.3, 0.4) is 0 Å². The Hall–Kier alpha value is -2.30. The summed E-state index contributed by atoms with van der Waals surface area (Å²) in [6.07, 6.45) is 5.68. The standard InChI is InChI=1S/C17H20N2O3/c1-2-17(7-3-8-17)16(22)18-13-4-5-14-12(10-13)6-9-19(14)11-15(20)21/h4-6,9-10H,2-3,7-8,11H2,1H3,(H,18,22)(H,20,21). The second-order valence-electron chi connectivity index (χ2n) is 6.05. The third kappa shape index (κ3) is 2.47. The molecular weight excluding hydrogens is 280 g/mol. The third-order valence-electron chi connectivity index (χ3n) is 4.80. The van der Waals surface area contributed by atoms with Crippen LogP contribution in [0.4, 0.5) is 5.69 Å². The number of carbonyl (C=O) groups is 2. The predicted molar refractivity (Wildman–Crippen MR) is 84.8 cm³/mol. The molecule has 116 valence electrons. The normalized spacial score (nSPS) is 16.2. The van der Waals surface area contributed by atoms with E-state index in [1.807, 2.05) is 24.3 Å². The van der Waals surface area contributed by atoms with Crippen LogP contribution in [0, 0.1) is 5.41 Å². The second-order valence-corrected chi connectivity index (χ2v) is 6.05. The van der Waals surface area contributed by atoms with E-state index in [1.54, 1.807) is 10.8 Å². The van der Waals surface area contributed by atoms with Gasteiger partial charge in [-0.2, -0.15) is 0 Å². The number of hydrogen-bond donors (Lipinski definition) is 2. The summed E-state index contributed by atoms with van der Waals surface area (Å²) in [4.78, 5) is 23.3. The molecule has 0 radical (unpaired) electrons. The van der Waals surface area contributed by atoms with E-state index in [0.717, 1.165) is 42.3 Å². The van der Waals surface area contributed by atoms with Crippen molar-refractivity contribution >= 4 is 28.5 Å². The topological polar surface area (TPSA) is 71.3 Å². The van der Waals surface area contributed by atoms with Crippen LogP contribution in [0.5, 0.6) is 0 Å². The van der Waals surface area contributed by atoms with Crippen LogP contribution in [0.15, 0.2) is 30.5 Å². The fourth-order valence-corrected chi connectivity index (χ4v) is 3.17. The summed E-state index contributed by atoms with van der Waals surface area (Å²) in [6, 6.07) is 7.45. The summed E-state index contributed by atoms with van der Waals surface area (Å²) in [7, 11) is 0. The minimum Gasteiger partial charge on any atom is -0.480 e. The zero-order valence-corrected chi connectivity index (χ0v) is 12.6. The van der Waals surface area contributed by atoms with Crippen molar-refractivity contribution in [2.75, 3.05) is 5.32 Å². The number of aromatic nitrogens is 1. The highest BCUT2D eigenvalue weighted by molar-refractivity contribution is 5.97. The molecule has 5 heteroatoms. The third-order valence-corrected chi connectivity index (χ3v) is 4.80. The Bertz CT molecular complexity index is 723. The van der Waals surface area contributed by atoms with Crippen molar-refractivity contribution in [3.8, 4) is 0 Å². The molecule has 1 saturated carbocycles. The minimum atomic E-state index is -0.871. The van der Waals surface area contributed by atoms with Crippen molar-refractivity contribution in [2.24, 2.45) is 5.41 Å². The SMILES string of the molecule is CCC1(C(=O)Nc2ccc3c(ccn3CC(=O)O)c2)CCC1. The number of hydrogen-bond acceptors (Lipinski definition) is 2. The van der Waals surface area contributed by atoms with Gasteiger partial charge in [0.2, 0.25) is 5.91 Å². The zero-order chi connectivity index (χ0) is 15.7. The minimum absolute atomic E-state index is 0.0614.